The van der Waals surface area contributed by atoms with Gasteiger partial charge in [0.25, 0.3) is 0 Å². The maximum absolute atomic E-state index is 9.33. The molecule has 0 fully saturated rings. The number of benzene rings is 2. The number of halogens is 1. The van der Waals surface area contributed by atoms with Gasteiger partial charge in [0.1, 0.15) is 6.07 Å². The van der Waals surface area contributed by atoms with Crippen molar-refractivity contribution in [2.45, 2.75) is 19.3 Å². The number of nitrogens with zero attached hydrogens (tertiary/aromatic N) is 2. The molecule has 126 valence electrons. The van der Waals surface area contributed by atoms with Gasteiger partial charge in [0, 0.05) is 23.0 Å². The zero-order chi connectivity index (χ0) is 17.6. The first-order chi connectivity index (χ1) is 12.2. The van der Waals surface area contributed by atoms with Gasteiger partial charge in [-0.3, -0.25) is 0 Å². The minimum Gasteiger partial charge on any atom is -0.419 e. The number of nitrogens with one attached hydrogen (secondary N) is 1. The third kappa shape index (κ3) is 4.01. The fourth-order valence-corrected chi connectivity index (χ4v) is 2.80. The summed E-state index contributed by atoms with van der Waals surface area (Å²) in [5.74, 6) is 1.14. The van der Waals surface area contributed by atoms with E-state index in [4.69, 9.17) is 16.0 Å². The van der Waals surface area contributed by atoms with E-state index in [1.54, 1.807) is 12.1 Å². The van der Waals surface area contributed by atoms with Gasteiger partial charge in [-0.25, -0.2) is 0 Å². The summed E-state index contributed by atoms with van der Waals surface area (Å²) in [6, 6.07) is 19.5. The molecule has 1 unspecified atom stereocenters. The highest BCUT2D eigenvalue weighted by Gasteiger charge is 2.16. The highest BCUT2D eigenvalue weighted by molar-refractivity contribution is 6.30. The van der Waals surface area contributed by atoms with Gasteiger partial charge < -0.3 is 9.73 Å². The molecule has 0 radical (unpaired) electrons. The predicted molar refractivity (Wildman–Crippen MR) is 99.6 cm³/mol. The van der Waals surface area contributed by atoms with E-state index >= 15 is 0 Å². The van der Waals surface area contributed by atoms with Crippen LogP contribution >= 0.6 is 11.6 Å². The minimum absolute atomic E-state index is 0.257. The van der Waals surface area contributed by atoms with Crippen molar-refractivity contribution in [2.24, 2.45) is 0 Å². The maximum Gasteiger partial charge on any atom is 0.232 e. The topological polar surface area (TPSA) is 61.9 Å². The summed E-state index contributed by atoms with van der Waals surface area (Å²) >= 11 is 5.91. The fourth-order valence-electron chi connectivity index (χ4n) is 2.67. The van der Waals surface area contributed by atoms with Crippen molar-refractivity contribution in [1.82, 2.24) is 4.98 Å². The van der Waals surface area contributed by atoms with Crippen molar-refractivity contribution >= 4 is 17.5 Å². The molecule has 0 bridgehead atoms. The molecular weight excluding hydrogens is 334 g/mol. The average Bonchev–Trinajstić information content (AvgIpc) is 3.07. The lowest BCUT2D eigenvalue weighted by Gasteiger charge is -2.15. The summed E-state index contributed by atoms with van der Waals surface area (Å²) in [5.41, 5.74) is 2.30. The van der Waals surface area contributed by atoms with Gasteiger partial charge in [-0.15, -0.1) is 0 Å². The van der Waals surface area contributed by atoms with Crippen molar-refractivity contribution < 1.29 is 4.42 Å². The van der Waals surface area contributed by atoms with Crippen molar-refractivity contribution in [3.8, 4) is 17.5 Å². The molecule has 0 spiro atoms. The Morgan fingerprint density at radius 3 is 2.52 bits per heavy atom. The average molecular weight is 352 g/mol. The van der Waals surface area contributed by atoms with Gasteiger partial charge in [0.15, 0.2) is 0 Å². The van der Waals surface area contributed by atoms with Gasteiger partial charge in [0.05, 0.1) is 0 Å². The van der Waals surface area contributed by atoms with Crippen molar-refractivity contribution in [2.75, 3.05) is 11.9 Å². The van der Waals surface area contributed by atoms with Crippen LogP contribution in [0.2, 0.25) is 5.02 Å². The summed E-state index contributed by atoms with van der Waals surface area (Å²) in [5, 5.41) is 13.2. The van der Waals surface area contributed by atoms with E-state index in [1.807, 2.05) is 30.3 Å². The Labute approximate surface area is 152 Å². The monoisotopic (exact) mass is 351 g/mol. The van der Waals surface area contributed by atoms with Crippen molar-refractivity contribution in [3.63, 3.8) is 0 Å². The Morgan fingerprint density at radius 2 is 1.88 bits per heavy atom. The number of rotatable bonds is 6. The van der Waals surface area contributed by atoms with E-state index in [9.17, 15) is 5.26 Å². The third-order valence-corrected chi connectivity index (χ3v) is 4.35. The lowest BCUT2D eigenvalue weighted by molar-refractivity contribution is 0.577. The molecular formula is C20H18ClN3O. The van der Waals surface area contributed by atoms with Crippen LogP contribution < -0.4 is 5.32 Å². The molecule has 2 aromatic carbocycles. The van der Waals surface area contributed by atoms with Crippen LogP contribution in [0.1, 0.15) is 30.5 Å². The summed E-state index contributed by atoms with van der Waals surface area (Å²) in [7, 11) is 0. The molecule has 5 heteroatoms. The number of hydrogen-bond donors (Lipinski definition) is 1. The highest BCUT2D eigenvalue weighted by Crippen LogP contribution is 2.27. The molecule has 1 N–H and O–H groups in total. The van der Waals surface area contributed by atoms with Crippen LogP contribution in [0, 0.1) is 11.3 Å². The number of hydrogen-bond acceptors (Lipinski definition) is 4. The smallest absolute Gasteiger partial charge is 0.232 e. The summed E-state index contributed by atoms with van der Waals surface area (Å²) in [4.78, 5) is 4.27. The molecule has 0 saturated heterocycles. The SMILES string of the molecule is CCC(CNc1oc(-c2ccc(Cl)cc2)nc1C#N)c1ccccc1. The molecule has 0 saturated carbocycles. The third-order valence-electron chi connectivity index (χ3n) is 4.10. The molecule has 0 amide bonds. The Balaban J connectivity index is 1.78. The molecule has 1 atom stereocenters. The van der Waals surface area contributed by atoms with E-state index in [1.165, 1.54) is 5.56 Å². The molecule has 4 nitrogen and oxygen atoms in total. The lowest BCUT2D eigenvalue weighted by Crippen LogP contribution is -2.12. The van der Waals surface area contributed by atoms with Crippen LogP contribution in [-0.2, 0) is 0 Å². The largest absolute Gasteiger partial charge is 0.419 e. The Bertz CT molecular complexity index is 866. The Hall–Kier alpha value is -2.77. The number of nitriles is 1. The van der Waals surface area contributed by atoms with E-state index in [0.29, 0.717) is 29.3 Å². The standard InChI is InChI=1S/C20H18ClN3O/c1-2-14(15-6-4-3-5-7-15)13-23-20-18(12-22)24-19(25-20)16-8-10-17(21)11-9-16/h3-11,14,23H,2,13H2,1H3. The van der Waals surface area contributed by atoms with Gasteiger partial charge in [0.2, 0.25) is 17.5 Å². The van der Waals surface area contributed by atoms with Gasteiger partial charge >= 0.3 is 0 Å². The minimum atomic E-state index is 0.257. The van der Waals surface area contributed by atoms with E-state index in [-0.39, 0.29) is 5.69 Å². The molecule has 0 aliphatic heterocycles. The van der Waals surface area contributed by atoms with Crippen LogP contribution in [-0.4, -0.2) is 11.5 Å². The molecule has 1 heterocycles. The van der Waals surface area contributed by atoms with Crippen LogP contribution in [0.3, 0.4) is 0 Å². The van der Waals surface area contributed by atoms with E-state index in [2.05, 4.69) is 35.4 Å². The summed E-state index contributed by atoms with van der Waals surface area (Å²) < 4.78 is 5.77. The molecule has 25 heavy (non-hydrogen) atoms. The second-order valence-electron chi connectivity index (χ2n) is 5.71. The highest BCUT2D eigenvalue weighted by atomic mass is 35.5. The van der Waals surface area contributed by atoms with Gasteiger partial charge in [-0.2, -0.15) is 10.2 Å². The van der Waals surface area contributed by atoms with Crippen LogP contribution in [0.25, 0.3) is 11.5 Å². The quantitative estimate of drug-likeness (QED) is 0.639. The zero-order valence-electron chi connectivity index (χ0n) is 13.9. The first-order valence-electron chi connectivity index (χ1n) is 8.17. The molecule has 3 aromatic rings. The van der Waals surface area contributed by atoms with Crippen LogP contribution in [0.4, 0.5) is 5.88 Å². The first kappa shape index (κ1) is 17.1. The normalized spacial score (nSPS) is 11.7. The van der Waals surface area contributed by atoms with Crippen LogP contribution in [0.5, 0.6) is 0 Å². The summed E-state index contributed by atoms with van der Waals surface area (Å²) in [6.07, 6.45) is 0.983. The predicted octanol–water partition coefficient (Wildman–Crippen LogP) is 5.47. The molecule has 0 aliphatic rings. The Morgan fingerprint density at radius 1 is 1.16 bits per heavy atom. The fraction of sp³-hybridized carbons (Fsp3) is 0.200. The Kier molecular flexibility index (Phi) is 5.37. The number of oxazole rings is 1. The lowest BCUT2D eigenvalue weighted by atomic mass is 9.96. The second-order valence-corrected chi connectivity index (χ2v) is 6.15. The first-order valence-corrected chi connectivity index (χ1v) is 8.54. The second kappa shape index (κ2) is 7.87. The van der Waals surface area contributed by atoms with Crippen molar-refractivity contribution in [3.05, 3.63) is 70.9 Å². The summed E-state index contributed by atoms with van der Waals surface area (Å²) in [6.45, 7) is 2.81. The van der Waals surface area contributed by atoms with E-state index < -0.39 is 0 Å². The molecule has 0 aliphatic carbocycles. The molecule has 3 rings (SSSR count). The van der Waals surface area contributed by atoms with E-state index in [0.717, 1.165) is 12.0 Å². The maximum atomic E-state index is 9.33. The number of anilines is 1. The molecule has 1 aromatic heterocycles. The van der Waals surface area contributed by atoms with Gasteiger partial charge in [-0.05, 0) is 36.2 Å². The van der Waals surface area contributed by atoms with Gasteiger partial charge in [-0.1, -0.05) is 48.9 Å². The zero-order valence-corrected chi connectivity index (χ0v) is 14.6. The van der Waals surface area contributed by atoms with Crippen molar-refractivity contribution in [1.29, 1.82) is 5.26 Å². The number of aromatic nitrogens is 1. The van der Waals surface area contributed by atoms with Crippen LogP contribution in [0.15, 0.2) is 59.0 Å².